The Hall–Kier alpha value is -3.87. The van der Waals surface area contributed by atoms with Crippen molar-refractivity contribution in [2.45, 2.75) is 64.8 Å². The van der Waals surface area contributed by atoms with Crippen molar-refractivity contribution in [2.24, 2.45) is 0 Å². The summed E-state index contributed by atoms with van der Waals surface area (Å²) in [6.45, 7) is 8.07. The fourth-order valence-corrected chi connectivity index (χ4v) is 5.68. The molecular formula is C38H41FO5. The predicted molar refractivity (Wildman–Crippen MR) is 170 cm³/mol. The molecular weight excluding hydrogens is 555 g/mol. The highest BCUT2D eigenvalue weighted by atomic mass is 19.1. The molecule has 2 unspecified atom stereocenters. The van der Waals surface area contributed by atoms with Crippen molar-refractivity contribution in [2.75, 3.05) is 26.4 Å². The molecule has 0 radical (unpaired) electrons. The number of unbranched alkanes of at least 4 members (excludes halogenated alkanes) is 1. The molecule has 1 aliphatic carbocycles. The number of benzene rings is 4. The van der Waals surface area contributed by atoms with Gasteiger partial charge in [0.1, 0.15) is 42.4 Å². The van der Waals surface area contributed by atoms with E-state index in [1.165, 1.54) is 22.3 Å². The first-order chi connectivity index (χ1) is 21.6. The number of rotatable bonds is 16. The lowest BCUT2D eigenvalue weighted by Gasteiger charge is -2.12. The van der Waals surface area contributed by atoms with Gasteiger partial charge < -0.3 is 23.7 Å². The fourth-order valence-electron chi connectivity index (χ4n) is 5.68. The van der Waals surface area contributed by atoms with Crippen LogP contribution in [0.25, 0.3) is 11.1 Å². The Morgan fingerprint density at radius 2 is 1.34 bits per heavy atom. The van der Waals surface area contributed by atoms with E-state index in [1.54, 1.807) is 6.07 Å². The summed E-state index contributed by atoms with van der Waals surface area (Å²) in [4.78, 5) is 0. The first kappa shape index (κ1) is 30.2. The molecule has 4 aromatic rings. The van der Waals surface area contributed by atoms with Crippen LogP contribution in [-0.2, 0) is 29.1 Å². The molecule has 44 heavy (non-hydrogen) atoms. The zero-order valence-electron chi connectivity index (χ0n) is 25.7. The summed E-state index contributed by atoms with van der Waals surface area (Å²) in [5.41, 5.74) is 7.61. The number of aryl methyl sites for hydroxylation is 1. The molecule has 0 spiro atoms. The minimum Gasteiger partial charge on any atom is -0.494 e. The van der Waals surface area contributed by atoms with Crippen LogP contribution in [0.3, 0.4) is 0 Å². The minimum atomic E-state index is -0.154. The maximum Gasteiger partial charge on any atom is 0.126 e. The van der Waals surface area contributed by atoms with E-state index in [9.17, 15) is 4.39 Å². The first-order valence-electron chi connectivity index (χ1n) is 15.8. The lowest BCUT2D eigenvalue weighted by atomic mass is 9.99. The van der Waals surface area contributed by atoms with Crippen LogP contribution in [-0.4, -0.2) is 32.5 Å². The second-order valence-corrected chi connectivity index (χ2v) is 11.7. The van der Waals surface area contributed by atoms with Crippen LogP contribution in [0.4, 0.5) is 4.39 Å². The molecule has 1 heterocycles. The average Bonchev–Trinajstić information content (AvgIpc) is 3.84. The van der Waals surface area contributed by atoms with Gasteiger partial charge in [-0.1, -0.05) is 56.7 Å². The molecule has 0 aromatic heterocycles. The zero-order valence-corrected chi connectivity index (χ0v) is 25.7. The van der Waals surface area contributed by atoms with Gasteiger partial charge in [0, 0.05) is 12.5 Å². The standard InChI is InChI=1S/C38H41FO5/c1-3-6-29-10-7-28(19-38(29)39)23-43-32-14-16-35-34-15-13-31(20-36(34)26(2)37(35)21-32)42-22-27-8-11-30(12-9-27)41-18-5-4-17-40-24-33-25-44-33/h7-16,19-21,26,33H,3-6,17-18,22-25H2,1-2H3. The molecule has 0 bridgehead atoms. The van der Waals surface area contributed by atoms with Crippen LogP contribution in [0.15, 0.2) is 78.9 Å². The van der Waals surface area contributed by atoms with Gasteiger partial charge in [0.25, 0.3) is 0 Å². The van der Waals surface area contributed by atoms with Crippen molar-refractivity contribution < 1.29 is 28.1 Å². The Labute approximate surface area is 259 Å². The van der Waals surface area contributed by atoms with Gasteiger partial charge in [-0.15, -0.1) is 0 Å². The van der Waals surface area contributed by atoms with Gasteiger partial charge >= 0.3 is 0 Å². The van der Waals surface area contributed by atoms with Crippen molar-refractivity contribution in [1.82, 2.24) is 0 Å². The largest absolute Gasteiger partial charge is 0.494 e. The van der Waals surface area contributed by atoms with E-state index in [-0.39, 0.29) is 11.7 Å². The van der Waals surface area contributed by atoms with Crippen LogP contribution in [0.2, 0.25) is 0 Å². The van der Waals surface area contributed by atoms with E-state index in [1.807, 2.05) is 36.4 Å². The van der Waals surface area contributed by atoms with E-state index in [4.69, 9.17) is 23.7 Å². The lowest BCUT2D eigenvalue weighted by Crippen LogP contribution is -2.05. The lowest BCUT2D eigenvalue weighted by molar-refractivity contribution is 0.110. The van der Waals surface area contributed by atoms with Crippen LogP contribution in [0.5, 0.6) is 17.2 Å². The van der Waals surface area contributed by atoms with E-state index in [0.717, 1.165) is 72.8 Å². The van der Waals surface area contributed by atoms with Gasteiger partial charge in [0.05, 0.1) is 19.8 Å². The van der Waals surface area contributed by atoms with Crippen molar-refractivity contribution in [3.63, 3.8) is 0 Å². The molecule has 1 fully saturated rings. The fraction of sp³-hybridized carbons (Fsp3) is 0.368. The summed E-state index contributed by atoms with van der Waals surface area (Å²) in [5.74, 6) is 2.57. The summed E-state index contributed by atoms with van der Waals surface area (Å²) < 4.78 is 43.2. The number of fused-ring (bicyclic) bond motifs is 3. The van der Waals surface area contributed by atoms with Crippen molar-refractivity contribution >= 4 is 0 Å². The predicted octanol–water partition coefficient (Wildman–Crippen LogP) is 8.64. The number of epoxide rings is 1. The molecule has 0 saturated carbocycles. The van der Waals surface area contributed by atoms with Crippen LogP contribution in [0, 0.1) is 5.82 Å². The normalized spacial score (nSPS) is 16.3. The average molecular weight is 597 g/mol. The second kappa shape index (κ2) is 14.3. The number of ether oxygens (including phenoxy) is 5. The SMILES string of the molecule is CCCc1ccc(COc2ccc3c(c2)C(C)c2cc(OCc4ccc(OCCCCOCC5CO5)cc4)ccc2-3)cc1F. The molecule has 6 rings (SSSR count). The highest BCUT2D eigenvalue weighted by Crippen LogP contribution is 2.47. The summed E-state index contributed by atoms with van der Waals surface area (Å²) in [6.07, 6.45) is 3.94. The van der Waals surface area contributed by atoms with Crippen molar-refractivity contribution in [3.05, 3.63) is 112 Å². The topological polar surface area (TPSA) is 49.5 Å². The molecule has 0 N–H and O–H groups in total. The number of halogens is 1. The third kappa shape index (κ3) is 7.61. The van der Waals surface area contributed by atoms with E-state index in [0.29, 0.717) is 32.5 Å². The summed E-state index contributed by atoms with van der Waals surface area (Å²) in [6, 6.07) is 26.1. The molecule has 4 aromatic carbocycles. The Morgan fingerprint density at radius 1 is 0.727 bits per heavy atom. The zero-order chi connectivity index (χ0) is 30.3. The molecule has 2 atom stereocenters. The minimum absolute atomic E-state index is 0.154. The third-order valence-corrected chi connectivity index (χ3v) is 8.30. The Kier molecular flexibility index (Phi) is 9.79. The molecule has 1 saturated heterocycles. The van der Waals surface area contributed by atoms with Gasteiger partial charge in [-0.25, -0.2) is 4.39 Å². The summed E-state index contributed by atoms with van der Waals surface area (Å²) >= 11 is 0. The summed E-state index contributed by atoms with van der Waals surface area (Å²) in [5, 5.41) is 0. The molecule has 1 aliphatic heterocycles. The van der Waals surface area contributed by atoms with Gasteiger partial charge in [-0.2, -0.15) is 0 Å². The van der Waals surface area contributed by atoms with Gasteiger partial charge in [0.2, 0.25) is 0 Å². The monoisotopic (exact) mass is 596 g/mol. The highest BCUT2D eigenvalue weighted by molar-refractivity contribution is 5.80. The molecule has 6 heteroatoms. The van der Waals surface area contributed by atoms with Crippen molar-refractivity contribution in [3.8, 4) is 28.4 Å². The van der Waals surface area contributed by atoms with Crippen LogP contribution < -0.4 is 14.2 Å². The first-order valence-corrected chi connectivity index (χ1v) is 15.8. The molecule has 230 valence electrons. The smallest absolute Gasteiger partial charge is 0.126 e. The van der Waals surface area contributed by atoms with E-state index >= 15 is 0 Å². The van der Waals surface area contributed by atoms with E-state index in [2.05, 4.69) is 50.2 Å². The number of hydrogen-bond donors (Lipinski definition) is 0. The van der Waals surface area contributed by atoms with Gasteiger partial charge in [-0.3, -0.25) is 0 Å². The Morgan fingerprint density at radius 3 is 1.98 bits per heavy atom. The van der Waals surface area contributed by atoms with Gasteiger partial charge in [0.15, 0.2) is 0 Å². The Bertz CT molecular complexity index is 1550. The maximum absolute atomic E-state index is 14.4. The van der Waals surface area contributed by atoms with Gasteiger partial charge in [-0.05, 0) is 101 Å². The molecule has 2 aliphatic rings. The summed E-state index contributed by atoms with van der Waals surface area (Å²) in [7, 11) is 0. The maximum atomic E-state index is 14.4. The third-order valence-electron chi connectivity index (χ3n) is 8.30. The Balaban J connectivity index is 0.984. The molecule has 5 nitrogen and oxygen atoms in total. The van der Waals surface area contributed by atoms with Crippen LogP contribution >= 0.6 is 0 Å². The highest BCUT2D eigenvalue weighted by Gasteiger charge is 2.26. The van der Waals surface area contributed by atoms with Crippen molar-refractivity contribution in [1.29, 1.82) is 0 Å². The van der Waals surface area contributed by atoms with Crippen LogP contribution in [0.1, 0.15) is 66.8 Å². The quantitative estimate of drug-likeness (QED) is 0.0957. The second-order valence-electron chi connectivity index (χ2n) is 11.7. The number of hydrogen-bond acceptors (Lipinski definition) is 5. The van der Waals surface area contributed by atoms with E-state index < -0.39 is 0 Å². The molecule has 0 amide bonds.